The van der Waals surface area contributed by atoms with E-state index in [-0.39, 0.29) is 6.54 Å². The minimum absolute atomic E-state index is 0.255. The molecule has 0 amide bonds. The maximum absolute atomic E-state index is 12.9. The molecule has 7 heteroatoms. The Labute approximate surface area is 150 Å². The standard InChI is InChI=1S/C17H18BrNO4S/c1-22-16-10-15(18)13-8-9-19(11-14(13)17(16)23-2)24(20,21)12-6-4-3-5-7-12/h3-7,10H,8-9,11H2,1-2H3. The molecule has 0 aromatic heterocycles. The van der Waals surface area contributed by atoms with Gasteiger partial charge in [-0.05, 0) is 30.2 Å². The van der Waals surface area contributed by atoms with E-state index in [9.17, 15) is 8.42 Å². The van der Waals surface area contributed by atoms with Crippen LogP contribution in [0.15, 0.2) is 45.8 Å². The van der Waals surface area contributed by atoms with Gasteiger partial charge in [0.05, 0.1) is 19.1 Å². The third-order valence-corrected chi connectivity index (χ3v) is 6.73. The molecule has 24 heavy (non-hydrogen) atoms. The fourth-order valence-electron chi connectivity index (χ4n) is 2.95. The summed E-state index contributed by atoms with van der Waals surface area (Å²) in [4.78, 5) is 0.300. The molecule has 0 spiro atoms. The van der Waals surface area contributed by atoms with Gasteiger partial charge in [-0.1, -0.05) is 34.1 Å². The number of rotatable bonds is 4. The van der Waals surface area contributed by atoms with Gasteiger partial charge in [-0.25, -0.2) is 8.42 Å². The van der Waals surface area contributed by atoms with E-state index >= 15 is 0 Å². The Morgan fingerprint density at radius 3 is 2.42 bits per heavy atom. The number of methoxy groups -OCH3 is 2. The highest BCUT2D eigenvalue weighted by atomic mass is 79.9. The van der Waals surface area contributed by atoms with Crippen molar-refractivity contribution in [2.24, 2.45) is 0 Å². The van der Waals surface area contributed by atoms with Crippen LogP contribution in [0.4, 0.5) is 0 Å². The van der Waals surface area contributed by atoms with Crippen LogP contribution in [0.2, 0.25) is 0 Å². The molecular weight excluding hydrogens is 394 g/mol. The van der Waals surface area contributed by atoms with E-state index in [1.807, 2.05) is 6.07 Å². The summed E-state index contributed by atoms with van der Waals surface area (Å²) in [6, 6.07) is 10.3. The fraction of sp³-hybridized carbons (Fsp3) is 0.294. The summed E-state index contributed by atoms with van der Waals surface area (Å²) in [6.07, 6.45) is 0.613. The average molecular weight is 412 g/mol. The molecule has 0 unspecified atom stereocenters. The predicted molar refractivity (Wildman–Crippen MR) is 95.0 cm³/mol. The van der Waals surface area contributed by atoms with Gasteiger partial charge in [0.1, 0.15) is 0 Å². The first-order valence-corrected chi connectivity index (χ1v) is 9.69. The van der Waals surface area contributed by atoms with Gasteiger partial charge in [0.15, 0.2) is 11.5 Å². The maximum atomic E-state index is 12.9. The van der Waals surface area contributed by atoms with Crippen molar-refractivity contribution in [1.82, 2.24) is 4.31 Å². The number of ether oxygens (including phenoxy) is 2. The van der Waals surface area contributed by atoms with Crippen LogP contribution in [-0.4, -0.2) is 33.5 Å². The summed E-state index contributed by atoms with van der Waals surface area (Å²) in [5.74, 6) is 1.17. The Balaban J connectivity index is 2.04. The fourth-order valence-corrected chi connectivity index (χ4v) is 5.02. The SMILES string of the molecule is COc1cc(Br)c2c(c1OC)CN(S(=O)(=O)c1ccccc1)CC2. The number of sulfonamides is 1. The Morgan fingerprint density at radius 2 is 1.79 bits per heavy atom. The lowest BCUT2D eigenvalue weighted by atomic mass is 9.99. The highest BCUT2D eigenvalue weighted by Gasteiger charge is 2.32. The third-order valence-electron chi connectivity index (χ3n) is 4.16. The lowest BCUT2D eigenvalue weighted by molar-refractivity contribution is 0.334. The van der Waals surface area contributed by atoms with Crippen LogP contribution in [-0.2, 0) is 23.0 Å². The molecule has 128 valence electrons. The predicted octanol–water partition coefficient (Wildman–Crippen LogP) is 3.21. The highest BCUT2D eigenvalue weighted by molar-refractivity contribution is 9.10. The zero-order chi connectivity index (χ0) is 17.3. The second-order valence-corrected chi connectivity index (χ2v) is 8.24. The smallest absolute Gasteiger partial charge is 0.243 e. The topological polar surface area (TPSA) is 55.8 Å². The molecule has 0 aliphatic carbocycles. The monoisotopic (exact) mass is 411 g/mol. The van der Waals surface area contributed by atoms with Gasteiger partial charge in [0, 0.05) is 23.1 Å². The van der Waals surface area contributed by atoms with E-state index in [2.05, 4.69) is 15.9 Å². The van der Waals surface area contributed by atoms with Crippen molar-refractivity contribution in [3.63, 3.8) is 0 Å². The van der Waals surface area contributed by atoms with Crippen LogP contribution in [0.3, 0.4) is 0 Å². The van der Waals surface area contributed by atoms with E-state index in [0.29, 0.717) is 29.4 Å². The van der Waals surface area contributed by atoms with Gasteiger partial charge in [-0.2, -0.15) is 4.31 Å². The maximum Gasteiger partial charge on any atom is 0.243 e. The van der Waals surface area contributed by atoms with Crippen molar-refractivity contribution in [2.45, 2.75) is 17.9 Å². The second kappa shape index (κ2) is 6.74. The molecule has 1 aliphatic heterocycles. The molecule has 2 aromatic carbocycles. The van der Waals surface area contributed by atoms with Crippen molar-refractivity contribution < 1.29 is 17.9 Å². The van der Waals surface area contributed by atoms with Crippen LogP contribution in [0, 0.1) is 0 Å². The minimum atomic E-state index is -3.54. The molecule has 0 saturated carbocycles. The molecule has 0 radical (unpaired) electrons. The molecule has 0 N–H and O–H groups in total. The van der Waals surface area contributed by atoms with E-state index in [1.54, 1.807) is 44.6 Å². The van der Waals surface area contributed by atoms with Crippen LogP contribution in [0.5, 0.6) is 11.5 Å². The lowest BCUT2D eigenvalue weighted by Crippen LogP contribution is -2.36. The molecule has 0 fully saturated rings. The van der Waals surface area contributed by atoms with Crippen molar-refractivity contribution in [3.8, 4) is 11.5 Å². The number of benzene rings is 2. The van der Waals surface area contributed by atoms with Gasteiger partial charge in [0.25, 0.3) is 0 Å². The Morgan fingerprint density at radius 1 is 1.08 bits per heavy atom. The molecule has 0 bridgehead atoms. The number of halogens is 1. The molecule has 0 saturated heterocycles. The normalized spacial score (nSPS) is 15.0. The highest BCUT2D eigenvalue weighted by Crippen LogP contribution is 2.41. The number of nitrogens with zero attached hydrogens (tertiary/aromatic N) is 1. The van der Waals surface area contributed by atoms with Crippen LogP contribution >= 0.6 is 15.9 Å². The first-order chi connectivity index (χ1) is 11.5. The van der Waals surface area contributed by atoms with E-state index < -0.39 is 10.0 Å². The molecule has 1 aliphatic rings. The first-order valence-electron chi connectivity index (χ1n) is 7.46. The zero-order valence-electron chi connectivity index (χ0n) is 13.5. The summed E-state index contributed by atoms with van der Waals surface area (Å²) in [6.45, 7) is 0.684. The van der Waals surface area contributed by atoms with Crippen LogP contribution in [0.25, 0.3) is 0 Å². The van der Waals surface area contributed by atoms with Crippen LogP contribution < -0.4 is 9.47 Å². The van der Waals surface area contributed by atoms with Crippen molar-refractivity contribution >= 4 is 26.0 Å². The van der Waals surface area contributed by atoms with Crippen molar-refractivity contribution in [2.75, 3.05) is 20.8 Å². The number of hydrogen-bond donors (Lipinski definition) is 0. The lowest BCUT2D eigenvalue weighted by Gasteiger charge is -2.30. The molecule has 0 atom stereocenters. The summed E-state index contributed by atoms with van der Waals surface area (Å²) < 4.78 is 39.0. The third kappa shape index (κ3) is 2.92. The van der Waals surface area contributed by atoms with Gasteiger partial charge < -0.3 is 9.47 Å². The summed E-state index contributed by atoms with van der Waals surface area (Å²) >= 11 is 3.55. The summed E-state index contributed by atoms with van der Waals surface area (Å²) in [7, 11) is -0.407. The molecule has 3 rings (SSSR count). The molecular formula is C17H18BrNO4S. The molecule has 5 nitrogen and oxygen atoms in total. The largest absolute Gasteiger partial charge is 0.493 e. The average Bonchev–Trinajstić information content (AvgIpc) is 2.61. The van der Waals surface area contributed by atoms with E-state index in [0.717, 1.165) is 15.6 Å². The van der Waals surface area contributed by atoms with Crippen molar-refractivity contribution in [1.29, 1.82) is 0 Å². The van der Waals surface area contributed by atoms with Crippen molar-refractivity contribution in [3.05, 3.63) is 52.0 Å². The van der Waals surface area contributed by atoms with Gasteiger partial charge in [-0.3, -0.25) is 0 Å². The first kappa shape index (κ1) is 17.3. The molecule has 1 heterocycles. The Bertz CT molecular complexity index is 853. The summed E-state index contributed by atoms with van der Waals surface area (Å²) in [5, 5.41) is 0. The number of fused-ring (bicyclic) bond motifs is 1. The van der Waals surface area contributed by atoms with E-state index in [1.165, 1.54) is 4.31 Å². The van der Waals surface area contributed by atoms with Crippen LogP contribution in [0.1, 0.15) is 11.1 Å². The number of hydrogen-bond acceptors (Lipinski definition) is 4. The van der Waals surface area contributed by atoms with Gasteiger partial charge >= 0.3 is 0 Å². The minimum Gasteiger partial charge on any atom is -0.493 e. The molecule has 2 aromatic rings. The zero-order valence-corrected chi connectivity index (χ0v) is 15.9. The second-order valence-electron chi connectivity index (χ2n) is 5.45. The Kier molecular flexibility index (Phi) is 4.85. The van der Waals surface area contributed by atoms with Gasteiger partial charge in [-0.15, -0.1) is 0 Å². The summed E-state index contributed by atoms with van der Waals surface area (Å²) in [5.41, 5.74) is 1.90. The van der Waals surface area contributed by atoms with Gasteiger partial charge in [0.2, 0.25) is 10.0 Å². The quantitative estimate of drug-likeness (QED) is 0.774. The van der Waals surface area contributed by atoms with E-state index in [4.69, 9.17) is 9.47 Å². The Hall–Kier alpha value is -1.57.